The maximum atomic E-state index is 11.2. The zero-order valence-corrected chi connectivity index (χ0v) is 9.01. The molecule has 2 N–H and O–H groups in total. The topological polar surface area (TPSA) is 62.5 Å². The second-order valence-electron chi connectivity index (χ2n) is 4.10. The molecule has 3 rings (SSSR count). The fraction of sp³-hybridized carbons (Fsp3) is 0.154. The van der Waals surface area contributed by atoms with Gasteiger partial charge in [0.15, 0.2) is 0 Å². The highest BCUT2D eigenvalue weighted by Crippen LogP contribution is 2.29. The number of hydrogen-bond acceptors (Lipinski definition) is 3. The van der Waals surface area contributed by atoms with Gasteiger partial charge in [-0.3, -0.25) is 4.79 Å². The van der Waals surface area contributed by atoms with Crippen LogP contribution in [-0.2, 0) is 11.2 Å². The summed E-state index contributed by atoms with van der Waals surface area (Å²) in [7, 11) is 0. The molecule has 0 fully saturated rings. The number of fused-ring (bicyclic) bond motifs is 1. The minimum atomic E-state index is -0.713. The Bertz CT molecular complexity index is 560. The van der Waals surface area contributed by atoms with Gasteiger partial charge in [0.25, 0.3) is 0 Å². The molecule has 2 aromatic rings. The van der Waals surface area contributed by atoms with Gasteiger partial charge >= 0.3 is 0 Å². The van der Waals surface area contributed by atoms with E-state index in [4.69, 9.17) is 4.42 Å². The Hall–Kier alpha value is -2.07. The van der Waals surface area contributed by atoms with Gasteiger partial charge in [0.05, 0.1) is 18.9 Å². The van der Waals surface area contributed by atoms with Crippen molar-refractivity contribution >= 4 is 11.6 Å². The van der Waals surface area contributed by atoms with Crippen LogP contribution in [0.5, 0.6) is 0 Å². The third-order valence-corrected chi connectivity index (χ3v) is 2.93. The summed E-state index contributed by atoms with van der Waals surface area (Å²) in [6.45, 7) is 0. The van der Waals surface area contributed by atoms with Crippen molar-refractivity contribution in [3.05, 3.63) is 53.5 Å². The van der Waals surface area contributed by atoms with Gasteiger partial charge < -0.3 is 14.8 Å². The van der Waals surface area contributed by atoms with Crippen LogP contribution in [0.15, 0.2) is 41.2 Å². The van der Waals surface area contributed by atoms with Crippen molar-refractivity contribution in [2.24, 2.45) is 0 Å². The number of benzene rings is 1. The van der Waals surface area contributed by atoms with E-state index in [0.29, 0.717) is 12.0 Å². The predicted octanol–water partition coefficient (Wildman–Crippen LogP) is 1.86. The molecule has 1 aliphatic heterocycles. The van der Waals surface area contributed by atoms with Gasteiger partial charge in [0.2, 0.25) is 5.91 Å². The first kappa shape index (κ1) is 10.1. The number of carbonyl (C=O) groups is 1. The minimum absolute atomic E-state index is 0.00468. The van der Waals surface area contributed by atoms with E-state index in [1.54, 1.807) is 6.07 Å². The molecular weight excluding hydrogens is 218 g/mol. The standard InChI is InChI=1S/C13H11NO3/c15-12-6-10-5-8(1-2-11(10)14-12)13(16)9-3-4-17-7-9/h1-5,7,13,16H,6H2,(H,14,15). The lowest BCUT2D eigenvalue weighted by atomic mass is 10.0. The van der Waals surface area contributed by atoms with E-state index < -0.39 is 6.10 Å². The molecule has 4 nitrogen and oxygen atoms in total. The molecule has 1 unspecified atom stereocenters. The summed E-state index contributed by atoms with van der Waals surface area (Å²) in [6.07, 6.45) is 2.70. The number of nitrogens with one attached hydrogen (secondary N) is 1. The van der Waals surface area contributed by atoms with E-state index in [2.05, 4.69) is 5.32 Å². The lowest BCUT2D eigenvalue weighted by Gasteiger charge is -2.10. The van der Waals surface area contributed by atoms with Crippen LogP contribution in [-0.4, -0.2) is 11.0 Å². The van der Waals surface area contributed by atoms with Crippen molar-refractivity contribution in [3.63, 3.8) is 0 Å². The average Bonchev–Trinajstić information content (AvgIpc) is 2.94. The number of aliphatic hydroxyl groups is 1. The number of furan rings is 1. The Morgan fingerprint density at radius 3 is 2.94 bits per heavy atom. The summed E-state index contributed by atoms with van der Waals surface area (Å²) in [5.74, 6) is -0.00468. The van der Waals surface area contributed by atoms with Crippen molar-refractivity contribution in [3.8, 4) is 0 Å². The van der Waals surface area contributed by atoms with Crippen molar-refractivity contribution in [1.82, 2.24) is 0 Å². The highest BCUT2D eigenvalue weighted by atomic mass is 16.3. The van der Waals surface area contributed by atoms with Crippen molar-refractivity contribution in [2.45, 2.75) is 12.5 Å². The van der Waals surface area contributed by atoms with Crippen LogP contribution < -0.4 is 5.32 Å². The van der Waals surface area contributed by atoms with Gasteiger partial charge in [-0.05, 0) is 23.3 Å². The molecule has 0 bridgehead atoms. The summed E-state index contributed by atoms with van der Waals surface area (Å²) < 4.78 is 4.94. The number of anilines is 1. The number of rotatable bonds is 2. The normalized spacial score (nSPS) is 15.5. The van der Waals surface area contributed by atoms with E-state index in [-0.39, 0.29) is 5.91 Å². The van der Waals surface area contributed by atoms with Crippen LogP contribution in [0.25, 0.3) is 0 Å². The molecule has 4 heteroatoms. The molecule has 0 saturated carbocycles. The highest BCUT2D eigenvalue weighted by Gasteiger charge is 2.20. The highest BCUT2D eigenvalue weighted by molar-refractivity contribution is 5.99. The van der Waals surface area contributed by atoms with E-state index in [0.717, 1.165) is 16.8 Å². The minimum Gasteiger partial charge on any atom is -0.472 e. The number of amides is 1. The first-order valence-corrected chi connectivity index (χ1v) is 5.37. The zero-order valence-electron chi connectivity index (χ0n) is 9.01. The second-order valence-corrected chi connectivity index (χ2v) is 4.10. The Morgan fingerprint density at radius 1 is 1.29 bits per heavy atom. The molecule has 0 saturated heterocycles. The molecule has 0 aliphatic carbocycles. The smallest absolute Gasteiger partial charge is 0.228 e. The first-order valence-electron chi connectivity index (χ1n) is 5.37. The van der Waals surface area contributed by atoms with Gasteiger partial charge in [0, 0.05) is 11.3 Å². The average molecular weight is 229 g/mol. The van der Waals surface area contributed by atoms with E-state index in [9.17, 15) is 9.90 Å². The third kappa shape index (κ3) is 1.72. The summed E-state index contributed by atoms with van der Waals surface area (Å²) in [6, 6.07) is 7.20. The fourth-order valence-corrected chi connectivity index (χ4v) is 2.04. The molecule has 17 heavy (non-hydrogen) atoms. The van der Waals surface area contributed by atoms with E-state index in [1.165, 1.54) is 12.5 Å². The molecule has 1 aromatic heterocycles. The maximum Gasteiger partial charge on any atom is 0.228 e. The summed E-state index contributed by atoms with van der Waals surface area (Å²) in [5.41, 5.74) is 3.23. The van der Waals surface area contributed by atoms with Gasteiger partial charge in [-0.1, -0.05) is 12.1 Å². The van der Waals surface area contributed by atoms with E-state index >= 15 is 0 Å². The zero-order chi connectivity index (χ0) is 11.8. The first-order chi connectivity index (χ1) is 8.24. The molecule has 1 aliphatic rings. The van der Waals surface area contributed by atoms with Crippen LogP contribution in [0.3, 0.4) is 0 Å². The number of carbonyl (C=O) groups excluding carboxylic acids is 1. The maximum absolute atomic E-state index is 11.2. The van der Waals surface area contributed by atoms with Gasteiger partial charge in [-0.15, -0.1) is 0 Å². The quantitative estimate of drug-likeness (QED) is 0.826. The van der Waals surface area contributed by atoms with Crippen molar-refractivity contribution < 1.29 is 14.3 Å². The molecule has 1 amide bonds. The second kappa shape index (κ2) is 3.75. The number of hydrogen-bond donors (Lipinski definition) is 2. The monoisotopic (exact) mass is 229 g/mol. The molecule has 0 radical (unpaired) electrons. The Labute approximate surface area is 97.9 Å². The molecule has 0 spiro atoms. The van der Waals surface area contributed by atoms with Crippen LogP contribution in [0.4, 0.5) is 5.69 Å². The predicted molar refractivity (Wildman–Crippen MR) is 61.5 cm³/mol. The summed E-state index contributed by atoms with van der Waals surface area (Å²) in [4.78, 5) is 11.2. The molecule has 1 aromatic carbocycles. The van der Waals surface area contributed by atoms with Crippen LogP contribution in [0, 0.1) is 0 Å². The summed E-state index contributed by atoms with van der Waals surface area (Å²) >= 11 is 0. The summed E-state index contributed by atoms with van der Waals surface area (Å²) in [5, 5.41) is 12.9. The van der Waals surface area contributed by atoms with Crippen molar-refractivity contribution in [2.75, 3.05) is 5.32 Å². The van der Waals surface area contributed by atoms with Crippen LogP contribution in [0.1, 0.15) is 22.8 Å². The lowest BCUT2D eigenvalue weighted by molar-refractivity contribution is -0.115. The fourth-order valence-electron chi connectivity index (χ4n) is 2.04. The van der Waals surface area contributed by atoms with Gasteiger partial charge in [-0.25, -0.2) is 0 Å². The lowest BCUT2D eigenvalue weighted by Crippen LogP contribution is -2.03. The third-order valence-electron chi connectivity index (χ3n) is 2.93. The molecular formula is C13H11NO3. The van der Waals surface area contributed by atoms with Gasteiger partial charge in [-0.2, -0.15) is 0 Å². The SMILES string of the molecule is O=C1Cc2cc(C(O)c3ccoc3)ccc2N1. The van der Waals surface area contributed by atoms with Crippen LogP contribution >= 0.6 is 0 Å². The molecule has 1 atom stereocenters. The Kier molecular flexibility index (Phi) is 2.23. The Morgan fingerprint density at radius 2 is 2.18 bits per heavy atom. The molecule has 2 heterocycles. The van der Waals surface area contributed by atoms with E-state index in [1.807, 2.05) is 18.2 Å². The van der Waals surface area contributed by atoms with Crippen molar-refractivity contribution in [1.29, 1.82) is 0 Å². The molecule has 86 valence electrons. The van der Waals surface area contributed by atoms with Gasteiger partial charge in [0.1, 0.15) is 6.10 Å². The largest absolute Gasteiger partial charge is 0.472 e. The number of aliphatic hydroxyl groups excluding tert-OH is 1. The van der Waals surface area contributed by atoms with Crippen LogP contribution in [0.2, 0.25) is 0 Å². The Balaban J connectivity index is 1.95.